The summed E-state index contributed by atoms with van der Waals surface area (Å²) in [4.78, 5) is 0. The Morgan fingerprint density at radius 2 is 2.38 bits per heavy atom. The monoisotopic (exact) mass is 183 g/mol. The number of hydrogen-bond donors (Lipinski definition) is 0. The van der Waals surface area contributed by atoms with E-state index >= 15 is 0 Å². The maximum atomic E-state index is 9.00. The van der Waals surface area contributed by atoms with Gasteiger partial charge in [0.2, 0.25) is 0 Å². The van der Waals surface area contributed by atoms with Crippen molar-refractivity contribution >= 4 is 0 Å². The molecule has 3 nitrogen and oxygen atoms in total. The van der Waals surface area contributed by atoms with E-state index in [0.29, 0.717) is 13.2 Å². The fourth-order valence-corrected chi connectivity index (χ4v) is 1.44. The van der Waals surface area contributed by atoms with Crippen LogP contribution in [0.5, 0.6) is 0 Å². The fourth-order valence-electron chi connectivity index (χ4n) is 1.44. The molecule has 1 rings (SSSR count). The molecule has 0 aliphatic carbocycles. The highest BCUT2D eigenvalue weighted by Crippen LogP contribution is 2.31. The number of rotatable bonds is 4. The fraction of sp³-hybridized carbons (Fsp3) is 0.900. The first-order chi connectivity index (χ1) is 6.18. The van der Waals surface area contributed by atoms with Gasteiger partial charge in [-0.3, -0.25) is 0 Å². The summed E-state index contributed by atoms with van der Waals surface area (Å²) in [6.07, 6.45) is 1.89. The van der Waals surface area contributed by atoms with Crippen LogP contribution < -0.4 is 0 Å². The molecule has 1 aliphatic heterocycles. The first-order valence-electron chi connectivity index (χ1n) is 4.79. The van der Waals surface area contributed by atoms with E-state index in [-0.39, 0.29) is 11.5 Å². The molecule has 0 amide bonds. The Hall–Kier alpha value is -0.590. The summed E-state index contributed by atoms with van der Waals surface area (Å²) in [5.41, 5.74) is -0.269. The van der Waals surface area contributed by atoms with E-state index < -0.39 is 0 Å². The van der Waals surface area contributed by atoms with Crippen LogP contribution in [0.3, 0.4) is 0 Å². The highest BCUT2D eigenvalue weighted by atomic mass is 16.5. The first kappa shape index (κ1) is 10.5. The van der Waals surface area contributed by atoms with Crippen LogP contribution in [0.25, 0.3) is 0 Å². The van der Waals surface area contributed by atoms with Crippen LogP contribution in [0.2, 0.25) is 0 Å². The summed E-state index contributed by atoms with van der Waals surface area (Å²) in [5, 5.41) is 9.00. The Balaban J connectivity index is 2.29. The minimum atomic E-state index is -0.269. The predicted molar refractivity (Wildman–Crippen MR) is 49.2 cm³/mol. The van der Waals surface area contributed by atoms with Crippen LogP contribution in [0.15, 0.2) is 0 Å². The number of nitrogens with zero attached hydrogens (tertiary/aromatic N) is 1. The molecule has 0 aromatic carbocycles. The van der Waals surface area contributed by atoms with Gasteiger partial charge >= 0.3 is 0 Å². The first-order valence-corrected chi connectivity index (χ1v) is 4.79. The minimum Gasteiger partial charge on any atom is -0.380 e. The molecule has 1 fully saturated rings. The molecule has 0 N–H and O–H groups in total. The van der Waals surface area contributed by atoms with Gasteiger partial charge in [0.25, 0.3) is 0 Å². The molecule has 0 spiro atoms. The maximum absolute atomic E-state index is 9.00. The zero-order chi connectivity index (χ0) is 9.73. The molecule has 74 valence electrons. The molecule has 1 atom stereocenters. The van der Waals surface area contributed by atoms with Crippen molar-refractivity contribution in [3.63, 3.8) is 0 Å². The smallest absolute Gasteiger partial charge is 0.0850 e. The Morgan fingerprint density at radius 3 is 2.85 bits per heavy atom. The summed E-state index contributed by atoms with van der Waals surface area (Å²) >= 11 is 0. The molecule has 3 heteroatoms. The standard InChI is InChI=1S/C10H17NO2/c1-9(2)13-6-4-10(7-11)3-5-12-8-10/h9H,3-6,8H2,1-2H3. The van der Waals surface area contributed by atoms with Crippen molar-refractivity contribution < 1.29 is 9.47 Å². The van der Waals surface area contributed by atoms with E-state index in [1.165, 1.54) is 0 Å². The highest BCUT2D eigenvalue weighted by molar-refractivity contribution is 5.01. The second-order valence-corrected chi connectivity index (χ2v) is 3.86. The van der Waals surface area contributed by atoms with Crippen molar-refractivity contribution in [2.75, 3.05) is 19.8 Å². The van der Waals surface area contributed by atoms with Gasteiger partial charge < -0.3 is 9.47 Å². The largest absolute Gasteiger partial charge is 0.380 e. The van der Waals surface area contributed by atoms with Crippen LogP contribution in [-0.2, 0) is 9.47 Å². The summed E-state index contributed by atoms with van der Waals surface area (Å²) < 4.78 is 10.7. The van der Waals surface area contributed by atoms with E-state index in [2.05, 4.69) is 6.07 Å². The van der Waals surface area contributed by atoms with Crippen LogP contribution in [0.1, 0.15) is 26.7 Å². The number of ether oxygens (including phenoxy) is 2. The third-order valence-electron chi connectivity index (χ3n) is 2.37. The quantitative estimate of drug-likeness (QED) is 0.666. The van der Waals surface area contributed by atoms with Gasteiger partial charge in [-0.05, 0) is 26.7 Å². The van der Waals surface area contributed by atoms with Crippen molar-refractivity contribution in [1.82, 2.24) is 0 Å². The van der Waals surface area contributed by atoms with Crippen molar-refractivity contribution in [1.29, 1.82) is 5.26 Å². The van der Waals surface area contributed by atoms with Gasteiger partial charge in [-0.1, -0.05) is 0 Å². The molecular formula is C10H17NO2. The minimum absolute atomic E-state index is 0.248. The van der Waals surface area contributed by atoms with E-state index in [4.69, 9.17) is 14.7 Å². The molecule has 0 saturated carbocycles. The third kappa shape index (κ3) is 2.98. The van der Waals surface area contributed by atoms with Gasteiger partial charge in [-0.25, -0.2) is 0 Å². The van der Waals surface area contributed by atoms with E-state index in [0.717, 1.165) is 19.4 Å². The average molecular weight is 183 g/mol. The SMILES string of the molecule is CC(C)OCCC1(C#N)CCOC1. The molecule has 13 heavy (non-hydrogen) atoms. The molecule has 0 aromatic rings. The van der Waals surface area contributed by atoms with Crippen molar-refractivity contribution in [2.45, 2.75) is 32.8 Å². The zero-order valence-electron chi connectivity index (χ0n) is 8.38. The molecule has 0 bridgehead atoms. The Kier molecular flexibility index (Phi) is 3.71. The Bertz CT molecular complexity index is 190. The third-order valence-corrected chi connectivity index (χ3v) is 2.37. The second-order valence-electron chi connectivity index (χ2n) is 3.86. The summed E-state index contributed by atoms with van der Waals surface area (Å²) in [5.74, 6) is 0. The van der Waals surface area contributed by atoms with Crippen molar-refractivity contribution in [3.8, 4) is 6.07 Å². The van der Waals surface area contributed by atoms with Gasteiger partial charge in [0.05, 0.1) is 24.2 Å². The summed E-state index contributed by atoms with van der Waals surface area (Å²) in [6, 6.07) is 2.35. The van der Waals surface area contributed by atoms with Crippen LogP contribution in [0.4, 0.5) is 0 Å². The van der Waals surface area contributed by atoms with Crippen LogP contribution >= 0.6 is 0 Å². The van der Waals surface area contributed by atoms with E-state index in [9.17, 15) is 0 Å². The molecule has 1 heterocycles. The number of hydrogen-bond acceptors (Lipinski definition) is 3. The molecule has 0 aromatic heterocycles. The lowest BCUT2D eigenvalue weighted by molar-refractivity contribution is 0.0572. The molecule has 1 aliphatic rings. The summed E-state index contributed by atoms with van der Waals surface area (Å²) in [6.45, 7) is 5.96. The zero-order valence-corrected chi connectivity index (χ0v) is 8.38. The van der Waals surface area contributed by atoms with Gasteiger partial charge in [0.15, 0.2) is 0 Å². The van der Waals surface area contributed by atoms with Crippen molar-refractivity contribution in [2.24, 2.45) is 5.41 Å². The molecule has 1 saturated heterocycles. The second kappa shape index (κ2) is 4.59. The Morgan fingerprint density at radius 1 is 1.62 bits per heavy atom. The van der Waals surface area contributed by atoms with Gasteiger partial charge in [-0.15, -0.1) is 0 Å². The van der Waals surface area contributed by atoms with Gasteiger partial charge in [-0.2, -0.15) is 5.26 Å². The highest BCUT2D eigenvalue weighted by Gasteiger charge is 2.34. The molecule has 0 radical (unpaired) electrons. The van der Waals surface area contributed by atoms with Gasteiger partial charge in [0, 0.05) is 13.2 Å². The molecular weight excluding hydrogens is 166 g/mol. The predicted octanol–water partition coefficient (Wildman–Crippen LogP) is 1.73. The van der Waals surface area contributed by atoms with E-state index in [1.807, 2.05) is 13.8 Å². The van der Waals surface area contributed by atoms with E-state index in [1.54, 1.807) is 0 Å². The maximum Gasteiger partial charge on any atom is 0.0850 e. The van der Waals surface area contributed by atoms with Gasteiger partial charge in [0.1, 0.15) is 0 Å². The number of nitriles is 1. The lowest BCUT2D eigenvalue weighted by atomic mass is 9.86. The lowest BCUT2D eigenvalue weighted by Gasteiger charge is -2.18. The van der Waals surface area contributed by atoms with Crippen LogP contribution in [0, 0.1) is 16.7 Å². The topological polar surface area (TPSA) is 42.2 Å². The summed E-state index contributed by atoms with van der Waals surface area (Å²) in [7, 11) is 0. The average Bonchev–Trinajstić information content (AvgIpc) is 2.53. The molecule has 1 unspecified atom stereocenters. The van der Waals surface area contributed by atoms with Crippen molar-refractivity contribution in [3.05, 3.63) is 0 Å². The normalized spacial score (nSPS) is 27.8. The van der Waals surface area contributed by atoms with Crippen LogP contribution in [-0.4, -0.2) is 25.9 Å². The Labute approximate surface area is 79.6 Å². The lowest BCUT2D eigenvalue weighted by Crippen LogP contribution is -2.21.